The number of aromatic nitrogens is 3. The van der Waals surface area contributed by atoms with E-state index in [9.17, 15) is 17.2 Å². The van der Waals surface area contributed by atoms with Crippen LogP contribution in [0.1, 0.15) is 11.1 Å². The number of anilines is 2. The minimum Gasteiger partial charge on any atom is -0.354 e. The van der Waals surface area contributed by atoms with Crippen molar-refractivity contribution in [3.05, 3.63) is 77.9 Å². The van der Waals surface area contributed by atoms with E-state index in [0.717, 1.165) is 22.4 Å². The summed E-state index contributed by atoms with van der Waals surface area (Å²) in [4.78, 5) is 7.82. The molecule has 10 heteroatoms. The second kappa shape index (κ2) is 8.05. The van der Waals surface area contributed by atoms with Gasteiger partial charge in [0, 0.05) is 30.2 Å². The summed E-state index contributed by atoms with van der Waals surface area (Å²) < 4.78 is 54.5. The molecule has 0 bridgehead atoms. The van der Waals surface area contributed by atoms with E-state index < -0.39 is 15.8 Å². The molecule has 0 unspecified atom stereocenters. The number of aryl methyl sites for hydroxylation is 1. The minimum atomic E-state index is -4.12. The van der Waals surface area contributed by atoms with Gasteiger partial charge in [0.05, 0.1) is 29.1 Å². The smallest absolute Gasteiger partial charge is 0.269 e. The van der Waals surface area contributed by atoms with E-state index in [0.29, 0.717) is 40.1 Å². The van der Waals surface area contributed by atoms with Gasteiger partial charge >= 0.3 is 0 Å². The summed E-state index contributed by atoms with van der Waals surface area (Å²) in [5, 5.41) is 6.12. The molecule has 4 rings (SSSR count). The second-order valence-electron chi connectivity index (χ2n) is 7.00. The zero-order valence-corrected chi connectivity index (χ0v) is 17.5. The monoisotopic (exact) mass is 443 g/mol. The van der Waals surface area contributed by atoms with Crippen molar-refractivity contribution in [3.8, 4) is 0 Å². The lowest BCUT2D eigenvalue weighted by Crippen LogP contribution is -2.13. The fourth-order valence-electron chi connectivity index (χ4n) is 3.30. The van der Waals surface area contributed by atoms with E-state index in [2.05, 4.69) is 20.6 Å². The van der Waals surface area contributed by atoms with Gasteiger partial charge in [-0.1, -0.05) is 0 Å². The van der Waals surface area contributed by atoms with Crippen molar-refractivity contribution in [1.82, 2.24) is 19.3 Å². The Kier molecular flexibility index (Phi) is 5.42. The molecule has 3 aromatic heterocycles. The normalized spacial score (nSPS) is 11.7. The average Bonchev–Trinajstić information content (AvgIpc) is 3.09. The fraction of sp³-hybridized carbons (Fsp3) is 0.143. The van der Waals surface area contributed by atoms with Crippen LogP contribution < -0.4 is 10.6 Å². The Morgan fingerprint density at radius 3 is 2.58 bits per heavy atom. The topological polar surface area (TPSA) is 88.9 Å². The molecule has 4 aromatic rings. The summed E-state index contributed by atoms with van der Waals surface area (Å²) in [6, 6.07) is 6.87. The molecule has 31 heavy (non-hydrogen) atoms. The van der Waals surface area contributed by atoms with Crippen LogP contribution >= 0.6 is 0 Å². The number of nitrogens with zero attached hydrogens (tertiary/aromatic N) is 3. The van der Waals surface area contributed by atoms with Crippen molar-refractivity contribution >= 4 is 32.4 Å². The van der Waals surface area contributed by atoms with Crippen LogP contribution in [0.15, 0.2) is 60.0 Å². The Bertz CT molecular complexity index is 1390. The van der Waals surface area contributed by atoms with Crippen LogP contribution in [0.4, 0.5) is 20.2 Å². The zero-order valence-electron chi connectivity index (χ0n) is 16.7. The maximum atomic E-state index is 13.6. The summed E-state index contributed by atoms with van der Waals surface area (Å²) >= 11 is 0. The second-order valence-corrected chi connectivity index (χ2v) is 8.82. The fourth-order valence-corrected chi connectivity index (χ4v) is 4.64. The number of benzene rings is 1. The first-order chi connectivity index (χ1) is 14.8. The molecule has 0 amide bonds. The van der Waals surface area contributed by atoms with Gasteiger partial charge in [0.1, 0.15) is 16.5 Å². The number of nitrogens with one attached hydrogen (secondary N) is 2. The van der Waals surface area contributed by atoms with Crippen LogP contribution in [-0.4, -0.2) is 29.4 Å². The van der Waals surface area contributed by atoms with Crippen molar-refractivity contribution in [2.75, 3.05) is 12.4 Å². The number of hydrogen-bond acceptors (Lipinski definition) is 6. The Balaban J connectivity index is 1.85. The first-order valence-electron chi connectivity index (χ1n) is 9.33. The van der Waals surface area contributed by atoms with Gasteiger partial charge in [-0.15, -0.1) is 0 Å². The number of rotatable bonds is 6. The largest absolute Gasteiger partial charge is 0.354 e. The van der Waals surface area contributed by atoms with Crippen LogP contribution in [0.3, 0.4) is 0 Å². The molecule has 0 atom stereocenters. The number of hydrogen-bond donors (Lipinski definition) is 2. The van der Waals surface area contributed by atoms with Crippen molar-refractivity contribution in [2.24, 2.45) is 0 Å². The molecule has 7 nitrogen and oxygen atoms in total. The van der Waals surface area contributed by atoms with E-state index >= 15 is 0 Å². The van der Waals surface area contributed by atoms with Crippen molar-refractivity contribution in [1.29, 1.82) is 0 Å². The lowest BCUT2D eigenvalue weighted by molar-refractivity contribution is 0.582. The molecule has 1 aromatic carbocycles. The summed E-state index contributed by atoms with van der Waals surface area (Å²) in [6.45, 7) is 2.14. The lowest BCUT2D eigenvalue weighted by Gasteiger charge is -2.11. The predicted molar refractivity (Wildman–Crippen MR) is 114 cm³/mol. The molecular formula is C21H19F2N5O2S. The van der Waals surface area contributed by atoms with Gasteiger partial charge in [0.25, 0.3) is 10.0 Å². The average molecular weight is 443 g/mol. The van der Waals surface area contributed by atoms with Gasteiger partial charge in [-0.25, -0.2) is 21.2 Å². The number of pyridine rings is 2. The molecule has 0 saturated carbocycles. The van der Waals surface area contributed by atoms with Gasteiger partial charge in [0.15, 0.2) is 0 Å². The maximum absolute atomic E-state index is 13.6. The van der Waals surface area contributed by atoms with Crippen molar-refractivity contribution in [2.45, 2.75) is 18.4 Å². The van der Waals surface area contributed by atoms with E-state index in [1.807, 2.05) is 0 Å². The van der Waals surface area contributed by atoms with Crippen molar-refractivity contribution in [3.63, 3.8) is 0 Å². The highest BCUT2D eigenvalue weighted by Gasteiger charge is 2.23. The van der Waals surface area contributed by atoms with Gasteiger partial charge in [-0.2, -0.15) is 0 Å². The third-order valence-electron chi connectivity index (χ3n) is 4.75. The number of fused-ring (bicyclic) bond motifs is 1. The molecule has 0 aliphatic carbocycles. The minimum absolute atomic E-state index is 0.270. The molecule has 160 valence electrons. The van der Waals surface area contributed by atoms with E-state index in [1.54, 1.807) is 32.3 Å². The van der Waals surface area contributed by atoms with Gasteiger partial charge in [-0.05, 0) is 49.9 Å². The Labute approximate surface area is 177 Å². The van der Waals surface area contributed by atoms with E-state index in [-0.39, 0.29) is 10.7 Å². The summed E-state index contributed by atoms with van der Waals surface area (Å²) in [5.74, 6) is -1.10. The predicted octanol–water partition coefficient (Wildman–Crippen LogP) is 3.72. The third-order valence-corrected chi connectivity index (χ3v) is 6.39. The highest BCUT2D eigenvalue weighted by atomic mass is 32.2. The zero-order chi connectivity index (χ0) is 22.2. The third kappa shape index (κ3) is 3.99. The number of halogens is 2. The van der Waals surface area contributed by atoms with Crippen LogP contribution in [0, 0.1) is 18.6 Å². The molecule has 0 aliphatic heterocycles. The van der Waals surface area contributed by atoms with E-state index in [4.69, 9.17) is 0 Å². The Morgan fingerprint density at radius 2 is 1.87 bits per heavy atom. The Morgan fingerprint density at radius 1 is 1.06 bits per heavy atom. The standard InChI is InChI=1S/C21H19F2N5O2S/c1-13-5-15(22)3-4-19(13)27-17-7-20-21(26-10-17)14(8-24-2)12-28(20)31(29,30)18-6-16(23)9-25-11-18/h3-7,9-12,24,27H,8H2,1-2H3. The van der Waals surface area contributed by atoms with Gasteiger partial charge in [0.2, 0.25) is 0 Å². The molecule has 0 saturated heterocycles. The van der Waals surface area contributed by atoms with Crippen LogP contribution in [-0.2, 0) is 16.6 Å². The van der Waals surface area contributed by atoms with Crippen LogP contribution in [0.25, 0.3) is 11.0 Å². The van der Waals surface area contributed by atoms with Gasteiger partial charge < -0.3 is 10.6 Å². The van der Waals surface area contributed by atoms with E-state index in [1.165, 1.54) is 18.3 Å². The summed E-state index contributed by atoms with van der Waals surface area (Å²) in [7, 11) is -2.38. The molecule has 0 spiro atoms. The first-order valence-corrected chi connectivity index (χ1v) is 10.8. The quantitative estimate of drug-likeness (QED) is 0.472. The highest BCUT2D eigenvalue weighted by Crippen LogP contribution is 2.29. The van der Waals surface area contributed by atoms with Crippen molar-refractivity contribution < 1.29 is 17.2 Å². The summed E-state index contributed by atoms with van der Waals surface area (Å²) in [5.41, 5.74) is 3.33. The SMILES string of the molecule is CNCc1cn(S(=O)(=O)c2cncc(F)c2)c2cc(Nc3ccc(F)cc3C)cnc12. The molecule has 0 aliphatic rings. The molecule has 3 heterocycles. The molecular weight excluding hydrogens is 424 g/mol. The maximum Gasteiger partial charge on any atom is 0.269 e. The molecule has 0 radical (unpaired) electrons. The molecule has 2 N–H and O–H groups in total. The molecule has 0 fully saturated rings. The van der Waals surface area contributed by atoms with Gasteiger partial charge in [-0.3, -0.25) is 9.97 Å². The first kappa shape index (κ1) is 20.9. The highest BCUT2D eigenvalue weighted by molar-refractivity contribution is 7.90. The summed E-state index contributed by atoms with van der Waals surface area (Å²) in [6.07, 6.45) is 5.07. The van der Waals surface area contributed by atoms with Crippen LogP contribution in [0.2, 0.25) is 0 Å². The van der Waals surface area contributed by atoms with Crippen LogP contribution in [0.5, 0.6) is 0 Å². The Hall–Kier alpha value is -3.37. The lowest BCUT2D eigenvalue weighted by atomic mass is 10.2.